The summed E-state index contributed by atoms with van der Waals surface area (Å²) in [6, 6.07) is 15.6. The van der Waals surface area contributed by atoms with Crippen LogP contribution < -0.4 is 10.6 Å². The third-order valence-corrected chi connectivity index (χ3v) is 6.93. The molecule has 0 unspecified atom stereocenters. The lowest BCUT2D eigenvalue weighted by atomic mass is 10.1. The smallest absolute Gasteiger partial charge is 0.309 e. The Balaban J connectivity index is 1.46. The van der Waals surface area contributed by atoms with Crippen LogP contribution in [0.25, 0.3) is 0 Å². The molecule has 0 saturated carbocycles. The van der Waals surface area contributed by atoms with E-state index in [0.717, 1.165) is 16.3 Å². The van der Waals surface area contributed by atoms with E-state index < -0.39 is 28.1 Å². The number of sulfonamides is 1. The molecule has 8 nitrogen and oxygen atoms in total. The van der Waals surface area contributed by atoms with Crippen molar-refractivity contribution >= 4 is 33.4 Å². The summed E-state index contributed by atoms with van der Waals surface area (Å²) in [6.07, 6.45) is 0.591. The summed E-state index contributed by atoms with van der Waals surface area (Å²) in [7, 11) is -3.82. The van der Waals surface area contributed by atoms with Gasteiger partial charge < -0.3 is 15.4 Å². The van der Waals surface area contributed by atoms with Crippen molar-refractivity contribution in [3.8, 4) is 0 Å². The third kappa shape index (κ3) is 6.27. The number of nitrogens with one attached hydrogen (secondary N) is 2. The van der Waals surface area contributed by atoms with Gasteiger partial charge in [-0.1, -0.05) is 41.9 Å². The molecule has 2 aromatic rings. The Kier molecular flexibility index (Phi) is 8.03. The van der Waals surface area contributed by atoms with Gasteiger partial charge in [0, 0.05) is 18.1 Å². The van der Waals surface area contributed by atoms with Gasteiger partial charge in [0.1, 0.15) is 6.23 Å². The molecular weight excluding hydrogens is 442 g/mol. The molecular formula is C21H24ClN3O5S. The van der Waals surface area contributed by atoms with E-state index in [1.807, 2.05) is 30.3 Å². The van der Waals surface area contributed by atoms with Crippen molar-refractivity contribution < 1.29 is 22.7 Å². The molecule has 0 bridgehead atoms. The topological polar surface area (TPSA) is 105 Å². The zero-order valence-corrected chi connectivity index (χ0v) is 18.4. The first-order valence-electron chi connectivity index (χ1n) is 9.87. The van der Waals surface area contributed by atoms with Crippen LogP contribution in [0, 0.1) is 0 Å². The number of benzene rings is 2. The average molecular weight is 466 g/mol. The monoisotopic (exact) mass is 465 g/mol. The van der Waals surface area contributed by atoms with Gasteiger partial charge in [-0.05, 0) is 42.7 Å². The summed E-state index contributed by atoms with van der Waals surface area (Å²) < 4.78 is 32.3. The molecule has 2 N–H and O–H groups in total. The highest BCUT2D eigenvalue weighted by molar-refractivity contribution is 7.89. The van der Waals surface area contributed by atoms with Crippen LogP contribution in [0.5, 0.6) is 0 Å². The van der Waals surface area contributed by atoms with Crippen LogP contribution in [0.3, 0.4) is 0 Å². The molecule has 2 aromatic carbocycles. The van der Waals surface area contributed by atoms with Gasteiger partial charge in [-0.25, -0.2) is 8.42 Å². The van der Waals surface area contributed by atoms with Crippen LogP contribution in [-0.4, -0.2) is 57.0 Å². The van der Waals surface area contributed by atoms with E-state index in [1.54, 1.807) is 0 Å². The molecule has 0 aliphatic carbocycles. The van der Waals surface area contributed by atoms with E-state index in [-0.39, 0.29) is 24.6 Å². The molecule has 1 aliphatic rings. The standard InChI is InChI=1S/C21H24ClN3O5S/c22-17-8-10-18(11-9-17)31(28,29)25-13-14-30-19(25)15-24-21(27)20(26)23-12-4-7-16-5-2-1-3-6-16/h1-3,5-6,8-11,19H,4,7,12-15H2,(H,23,26)(H,24,27)/t19-/m1/s1. The number of carbonyl (C=O) groups excluding carboxylic acids is 2. The summed E-state index contributed by atoms with van der Waals surface area (Å²) in [4.78, 5) is 24.1. The van der Waals surface area contributed by atoms with E-state index in [2.05, 4.69) is 10.6 Å². The largest absolute Gasteiger partial charge is 0.359 e. The van der Waals surface area contributed by atoms with Crippen LogP contribution in [0.1, 0.15) is 12.0 Å². The highest BCUT2D eigenvalue weighted by Gasteiger charge is 2.36. The quantitative estimate of drug-likeness (QED) is 0.454. The Bertz CT molecular complexity index is 999. The molecule has 0 radical (unpaired) electrons. The van der Waals surface area contributed by atoms with Crippen molar-refractivity contribution in [1.82, 2.24) is 14.9 Å². The molecule has 1 aliphatic heterocycles. The van der Waals surface area contributed by atoms with Crippen molar-refractivity contribution in [1.29, 1.82) is 0 Å². The van der Waals surface area contributed by atoms with Gasteiger partial charge in [0.2, 0.25) is 10.0 Å². The zero-order chi connectivity index (χ0) is 22.3. The molecule has 2 amide bonds. The molecule has 1 heterocycles. The van der Waals surface area contributed by atoms with E-state index in [4.69, 9.17) is 16.3 Å². The third-order valence-electron chi connectivity index (χ3n) is 4.78. The van der Waals surface area contributed by atoms with E-state index in [0.29, 0.717) is 18.0 Å². The SMILES string of the molecule is O=C(NCCCc1ccccc1)C(=O)NC[C@H]1OCCN1S(=O)(=O)c1ccc(Cl)cc1. The maximum absolute atomic E-state index is 12.8. The van der Waals surface area contributed by atoms with E-state index in [1.165, 1.54) is 24.3 Å². The minimum atomic E-state index is -3.82. The predicted octanol–water partition coefficient (Wildman–Crippen LogP) is 1.55. The number of halogens is 1. The lowest BCUT2D eigenvalue weighted by molar-refractivity contribution is -0.139. The van der Waals surface area contributed by atoms with Crippen molar-refractivity contribution in [2.45, 2.75) is 24.0 Å². The van der Waals surface area contributed by atoms with Crippen molar-refractivity contribution in [2.24, 2.45) is 0 Å². The van der Waals surface area contributed by atoms with Crippen LogP contribution in [0.4, 0.5) is 0 Å². The van der Waals surface area contributed by atoms with Gasteiger partial charge in [-0.2, -0.15) is 4.31 Å². The average Bonchev–Trinajstić information content (AvgIpc) is 3.25. The Morgan fingerprint density at radius 2 is 1.71 bits per heavy atom. The Morgan fingerprint density at radius 1 is 1.03 bits per heavy atom. The van der Waals surface area contributed by atoms with Gasteiger partial charge in [0.25, 0.3) is 0 Å². The first kappa shape index (κ1) is 23.2. The van der Waals surface area contributed by atoms with Crippen molar-refractivity contribution in [2.75, 3.05) is 26.2 Å². The van der Waals surface area contributed by atoms with E-state index >= 15 is 0 Å². The van der Waals surface area contributed by atoms with Gasteiger partial charge in [0.05, 0.1) is 18.0 Å². The number of rotatable bonds is 8. The first-order valence-corrected chi connectivity index (χ1v) is 11.7. The molecule has 10 heteroatoms. The summed E-state index contributed by atoms with van der Waals surface area (Å²) in [5, 5.41) is 5.43. The first-order chi connectivity index (χ1) is 14.9. The highest BCUT2D eigenvalue weighted by atomic mass is 35.5. The fraction of sp³-hybridized carbons (Fsp3) is 0.333. The predicted molar refractivity (Wildman–Crippen MR) is 116 cm³/mol. The normalized spacial score (nSPS) is 16.7. The fourth-order valence-electron chi connectivity index (χ4n) is 3.16. The second-order valence-corrected chi connectivity index (χ2v) is 9.28. The minimum absolute atomic E-state index is 0.0786. The summed E-state index contributed by atoms with van der Waals surface area (Å²) >= 11 is 5.82. The second-order valence-electron chi connectivity index (χ2n) is 6.95. The number of carbonyl (C=O) groups is 2. The van der Waals surface area contributed by atoms with Crippen LogP contribution in [0.15, 0.2) is 59.5 Å². The number of amides is 2. The number of nitrogens with zero attached hydrogens (tertiary/aromatic N) is 1. The maximum atomic E-state index is 12.8. The van der Waals surface area contributed by atoms with Gasteiger partial charge in [-0.15, -0.1) is 0 Å². The summed E-state index contributed by atoms with van der Waals surface area (Å²) in [5.41, 5.74) is 1.15. The molecule has 166 valence electrons. The number of aryl methyl sites for hydroxylation is 1. The number of hydrogen-bond donors (Lipinski definition) is 2. The molecule has 1 atom stereocenters. The molecule has 0 aromatic heterocycles. The maximum Gasteiger partial charge on any atom is 0.309 e. The summed E-state index contributed by atoms with van der Waals surface area (Å²) in [6.45, 7) is 0.567. The zero-order valence-electron chi connectivity index (χ0n) is 16.8. The van der Waals surface area contributed by atoms with Gasteiger partial charge in [0.15, 0.2) is 0 Å². The Hall–Kier alpha value is -2.46. The van der Waals surface area contributed by atoms with Crippen molar-refractivity contribution in [3.63, 3.8) is 0 Å². The second kappa shape index (κ2) is 10.7. The van der Waals surface area contributed by atoms with Gasteiger partial charge >= 0.3 is 11.8 Å². The van der Waals surface area contributed by atoms with Crippen LogP contribution in [0.2, 0.25) is 5.02 Å². The number of hydrogen-bond acceptors (Lipinski definition) is 5. The lowest BCUT2D eigenvalue weighted by Crippen LogP contribution is -2.47. The Morgan fingerprint density at radius 3 is 2.42 bits per heavy atom. The van der Waals surface area contributed by atoms with Gasteiger partial charge in [-0.3, -0.25) is 9.59 Å². The lowest BCUT2D eigenvalue weighted by Gasteiger charge is -2.22. The number of ether oxygens (including phenoxy) is 1. The molecule has 1 fully saturated rings. The minimum Gasteiger partial charge on any atom is -0.359 e. The molecule has 3 rings (SSSR count). The Labute approximate surface area is 186 Å². The van der Waals surface area contributed by atoms with Crippen LogP contribution >= 0.6 is 11.6 Å². The summed E-state index contributed by atoms with van der Waals surface area (Å²) in [5.74, 6) is -1.60. The van der Waals surface area contributed by atoms with Crippen molar-refractivity contribution in [3.05, 3.63) is 65.2 Å². The molecule has 0 spiro atoms. The van der Waals surface area contributed by atoms with Crippen LogP contribution in [-0.2, 0) is 30.8 Å². The highest BCUT2D eigenvalue weighted by Crippen LogP contribution is 2.23. The molecule has 31 heavy (non-hydrogen) atoms. The van der Waals surface area contributed by atoms with E-state index in [9.17, 15) is 18.0 Å². The fourth-order valence-corrected chi connectivity index (χ4v) is 4.80. The molecule has 1 saturated heterocycles.